The number of fused-ring (bicyclic) bond motifs is 3. The van der Waals surface area contributed by atoms with E-state index in [1.165, 1.54) is 22.8 Å². The van der Waals surface area contributed by atoms with Crippen LogP contribution in [0.2, 0.25) is 0 Å². The Morgan fingerprint density at radius 2 is 1.52 bits per heavy atom. The molecule has 7 nitrogen and oxygen atoms in total. The normalized spacial score (nSPS) is 28.1. The van der Waals surface area contributed by atoms with E-state index in [1.54, 1.807) is 17.2 Å². The smallest absolute Gasteiger partial charge is 0.322 e. The number of urea groups is 1. The molecule has 2 saturated carbocycles. The minimum atomic E-state index is -0.865. The second-order valence-electron chi connectivity index (χ2n) is 11.3. The van der Waals surface area contributed by atoms with E-state index < -0.39 is 40.4 Å². The van der Waals surface area contributed by atoms with Crippen molar-refractivity contribution >= 4 is 23.2 Å². The zero-order valence-electron chi connectivity index (χ0n) is 21.2. The van der Waals surface area contributed by atoms with Gasteiger partial charge < -0.3 is 15.1 Å². The quantitative estimate of drug-likeness (QED) is 0.339. The van der Waals surface area contributed by atoms with Crippen LogP contribution in [0.25, 0.3) is 5.65 Å². The highest BCUT2D eigenvalue weighted by molar-refractivity contribution is 5.94. The van der Waals surface area contributed by atoms with Gasteiger partial charge in [0.1, 0.15) is 34.8 Å². The highest BCUT2D eigenvalue weighted by Crippen LogP contribution is 2.64. The van der Waals surface area contributed by atoms with Crippen LogP contribution in [-0.2, 0) is 11.1 Å². The summed E-state index contributed by atoms with van der Waals surface area (Å²) in [6, 6.07) is 8.26. The Morgan fingerprint density at radius 3 is 2.23 bits per heavy atom. The Morgan fingerprint density at radius 1 is 0.875 bits per heavy atom. The van der Waals surface area contributed by atoms with Gasteiger partial charge in [-0.1, -0.05) is 0 Å². The molecule has 4 heterocycles. The molecule has 0 spiro atoms. The minimum Gasteiger partial charge on any atom is -0.346 e. The summed E-state index contributed by atoms with van der Waals surface area (Å²) in [5.41, 5.74) is -0.227. The zero-order valence-corrected chi connectivity index (χ0v) is 21.2. The first-order chi connectivity index (χ1) is 19.3. The average Bonchev–Trinajstić information content (AvgIpc) is 3.69. The van der Waals surface area contributed by atoms with E-state index in [9.17, 15) is 22.4 Å². The Kier molecular flexibility index (Phi) is 4.72. The second-order valence-corrected chi connectivity index (χ2v) is 11.3. The Hall–Kier alpha value is -4.15. The first kappa shape index (κ1) is 23.7. The van der Waals surface area contributed by atoms with Crippen molar-refractivity contribution in [2.75, 3.05) is 23.3 Å². The topological polar surface area (TPSA) is 65.8 Å². The predicted octanol–water partition coefficient (Wildman–Crippen LogP) is 5.56. The minimum absolute atomic E-state index is 0.0734. The lowest BCUT2D eigenvalue weighted by Gasteiger charge is -2.30. The summed E-state index contributed by atoms with van der Waals surface area (Å²) in [5, 5.41) is 7.20. The molecule has 204 valence electrons. The molecule has 2 aliphatic heterocycles. The third-order valence-corrected chi connectivity index (χ3v) is 9.42. The largest absolute Gasteiger partial charge is 0.346 e. The maximum absolute atomic E-state index is 14.9. The fourth-order valence-corrected chi connectivity index (χ4v) is 7.44. The van der Waals surface area contributed by atoms with Crippen LogP contribution >= 0.6 is 0 Å². The van der Waals surface area contributed by atoms with Gasteiger partial charge in [0.15, 0.2) is 5.65 Å². The first-order valence-corrected chi connectivity index (χ1v) is 13.4. The number of nitrogens with one attached hydrogen (secondary N) is 1. The molecule has 8 rings (SSSR count). The molecular formula is C29H24F4N6O. The third kappa shape index (κ3) is 3.14. The van der Waals surface area contributed by atoms with Crippen molar-refractivity contribution in [1.29, 1.82) is 0 Å². The van der Waals surface area contributed by atoms with Crippen molar-refractivity contribution in [2.45, 2.75) is 36.8 Å². The molecule has 4 aromatic rings. The highest BCUT2D eigenvalue weighted by Gasteiger charge is 2.66. The van der Waals surface area contributed by atoms with Crippen molar-refractivity contribution in [2.24, 2.45) is 11.8 Å². The van der Waals surface area contributed by atoms with Gasteiger partial charge in [-0.25, -0.2) is 31.9 Å². The summed E-state index contributed by atoms with van der Waals surface area (Å²) in [4.78, 5) is 21.9. The molecule has 40 heavy (non-hydrogen) atoms. The van der Waals surface area contributed by atoms with Crippen LogP contribution in [0, 0.1) is 35.1 Å². The van der Waals surface area contributed by atoms with Gasteiger partial charge in [-0.15, -0.1) is 0 Å². The van der Waals surface area contributed by atoms with E-state index in [1.807, 2.05) is 4.90 Å². The summed E-state index contributed by atoms with van der Waals surface area (Å²) in [6.45, 7) is 1.05. The number of benzene rings is 2. The van der Waals surface area contributed by atoms with Crippen molar-refractivity contribution in [3.63, 3.8) is 0 Å². The predicted molar refractivity (Wildman–Crippen MR) is 138 cm³/mol. The number of piperidine rings is 2. The van der Waals surface area contributed by atoms with Crippen molar-refractivity contribution in [1.82, 2.24) is 19.5 Å². The number of rotatable bonds is 4. The number of anilines is 2. The summed E-state index contributed by atoms with van der Waals surface area (Å²) in [5.74, 6) is -1.15. The number of hydrogen-bond acceptors (Lipinski definition) is 4. The molecule has 2 aliphatic carbocycles. The number of likely N-dealkylation sites (tertiary alicyclic amines) is 1. The number of amides is 2. The van der Waals surface area contributed by atoms with Crippen LogP contribution < -0.4 is 10.2 Å². The molecule has 2 aromatic carbocycles. The number of nitrogens with zero attached hydrogens (tertiary/aromatic N) is 5. The van der Waals surface area contributed by atoms with E-state index in [-0.39, 0.29) is 17.4 Å². The molecule has 1 N–H and O–H groups in total. The zero-order chi connectivity index (χ0) is 27.4. The Labute approximate surface area is 226 Å². The van der Waals surface area contributed by atoms with E-state index in [0.29, 0.717) is 55.1 Å². The molecule has 0 radical (unpaired) electrons. The number of halogens is 4. The average molecular weight is 549 g/mol. The number of carbonyl (C=O) groups is 1. The van der Waals surface area contributed by atoms with Crippen LogP contribution in [0.3, 0.4) is 0 Å². The van der Waals surface area contributed by atoms with Crippen LogP contribution in [-0.4, -0.2) is 38.6 Å². The van der Waals surface area contributed by atoms with Crippen LogP contribution in [0.1, 0.15) is 36.8 Å². The molecule has 0 unspecified atom stereocenters. The van der Waals surface area contributed by atoms with Crippen molar-refractivity contribution in [3.05, 3.63) is 89.3 Å². The first-order valence-electron chi connectivity index (χ1n) is 13.4. The van der Waals surface area contributed by atoms with Crippen LogP contribution in [0.4, 0.5) is 33.9 Å². The summed E-state index contributed by atoms with van der Waals surface area (Å²) in [6.07, 6.45) is 6.03. The molecule has 2 amide bonds. The standard InChI is InChI=1S/C29H24F4N6O/c30-18-1-3-22(32)20(11-18)28-13-16(28)5-8-37(28)25-7-10-39-26(36-25)24(15-34-39)35-27(40)38-9-6-17-14-29(17,38)21-12-19(31)2-4-23(21)33/h1-4,7,10-12,15-17H,5-6,8-9,13-14H2,(H,35,40)/t16-,17-,28+,29+/m0/s1. The SMILES string of the molecule is O=C(Nc1cnn2ccc(N3CC[C@H]4C[C@]43c3cc(F)ccc3F)nc12)N1CC[C@H]2C[C@]21c1cc(F)ccc1F. The second kappa shape index (κ2) is 7.96. The molecule has 11 heteroatoms. The summed E-state index contributed by atoms with van der Waals surface area (Å²) in [7, 11) is 0. The number of aromatic nitrogens is 3. The van der Waals surface area contributed by atoms with Gasteiger partial charge in [-0.2, -0.15) is 5.10 Å². The Bertz CT molecular complexity index is 1730. The lowest BCUT2D eigenvalue weighted by molar-refractivity contribution is 0.191. The molecule has 4 aliphatic rings. The molecule has 0 bridgehead atoms. The Balaban J connectivity index is 1.11. The fraction of sp³-hybridized carbons (Fsp3) is 0.345. The fourth-order valence-electron chi connectivity index (χ4n) is 7.44. The van der Waals surface area contributed by atoms with Crippen LogP contribution in [0.15, 0.2) is 54.9 Å². The van der Waals surface area contributed by atoms with E-state index in [2.05, 4.69) is 10.4 Å². The van der Waals surface area contributed by atoms with Gasteiger partial charge in [-0.3, -0.25) is 0 Å². The van der Waals surface area contributed by atoms with Gasteiger partial charge in [0.05, 0.1) is 17.3 Å². The van der Waals surface area contributed by atoms with E-state index in [4.69, 9.17) is 4.98 Å². The lowest BCUT2D eigenvalue weighted by Crippen LogP contribution is -2.41. The van der Waals surface area contributed by atoms with Crippen molar-refractivity contribution < 1.29 is 22.4 Å². The van der Waals surface area contributed by atoms with Gasteiger partial charge >= 0.3 is 6.03 Å². The summed E-state index contributed by atoms with van der Waals surface area (Å²) < 4.78 is 59.2. The van der Waals surface area contributed by atoms with Gasteiger partial charge in [0.2, 0.25) is 0 Å². The molecular weight excluding hydrogens is 524 g/mol. The number of carbonyl (C=O) groups excluding carboxylic acids is 1. The monoisotopic (exact) mass is 548 g/mol. The molecule has 4 fully saturated rings. The molecule has 4 atom stereocenters. The van der Waals surface area contributed by atoms with Gasteiger partial charge in [0, 0.05) is 30.4 Å². The lowest BCUT2D eigenvalue weighted by atomic mass is 10.0. The highest BCUT2D eigenvalue weighted by atomic mass is 19.1. The third-order valence-electron chi connectivity index (χ3n) is 9.42. The number of hydrogen-bond donors (Lipinski definition) is 1. The van der Waals surface area contributed by atoms with Gasteiger partial charge in [-0.05, 0) is 80.0 Å². The van der Waals surface area contributed by atoms with Crippen LogP contribution in [0.5, 0.6) is 0 Å². The summed E-state index contributed by atoms with van der Waals surface area (Å²) >= 11 is 0. The van der Waals surface area contributed by atoms with E-state index >= 15 is 0 Å². The molecule has 2 saturated heterocycles. The maximum atomic E-state index is 14.9. The maximum Gasteiger partial charge on any atom is 0.322 e. The van der Waals surface area contributed by atoms with Crippen molar-refractivity contribution in [3.8, 4) is 0 Å². The van der Waals surface area contributed by atoms with Gasteiger partial charge in [0.25, 0.3) is 0 Å². The van der Waals surface area contributed by atoms with E-state index in [0.717, 1.165) is 30.7 Å². The molecule has 2 aromatic heterocycles.